The Bertz CT molecular complexity index is 546. The molecule has 1 heterocycles. The van der Waals surface area contributed by atoms with Gasteiger partial charge in [-0.2, -0.15) is 5.10 Å². The predicted molar refractivity (Wildman–Crippen MR) is 121 cm³/mol. The highest BCUT2D eigenvalue weighted by Crippen LogP contribution is 2.18. The van der Waals surface area contributed by atoms with Crippen LogP contribution < -0.4 is 10.7 Å². The number of hydrogen-bond acceptors (Lipinski definition) is 4. The quantitative estimate of drug-likeness (QED) is 0.225. The van der Waals surface area contributed by atoms with Crippen molar-refractivity contribution in [3.63, 3.8) is 0 Å². The molecule has 0 unspecified atom stereocenters. The molecule has 0 bridgehead atoms. The predicted octanol–water partition coefficient (Wildman–Crippen LogP) is 5.88. The van der Waals surface area contributed by atoms with Gasteiger partial charge in [-0.05, 0) is 58.1 Å². The average molecular weight is 388 g/mol. The number of aliphatic hydroxyl groups is 1. The second-order valence-corrected chi connectivity index (χ2v) is 8.49. The van der Waals surface area contributed by atoms with Crippen LogP contribution in [-0.2, 0) is 0 Å². The molecule has 0 radical (unpaired) electrons. The Kier molecular flexibility index (Phi) is 11.2. The van der Waals surface area contributed by atoms with Gasteiger partial charge in [0.05, 0.1) is 11.8 Å². The van der Waals surface area contributed by atoms with Crippen LogP contribution in [0.15, 0.2) is 35.4 Å². The third-order valence-electron chi connectivity index (χ3n) is 5.88. The molecule has 3 atom stereocenters. The van der Waals surface area contributed by atoms with Crippen LogP contribution in [0.25, 0.3) is 0 Å². The van der Waals surface area contributed by atoms with E-state index in [1.54, 1.807) is 0 Å². The smallest absolute Gasteiger partial charge is 0.0691 e. The highest BCUT2D eigenvalue weighted by Gasteiger charge is 2.24. The number of nitrogens with one attached hydrogen (secondary N) is 2. The maximum absolute atomic E-state index is 9.76. The van der Waals surface area contributed by atoms with Gasteiger partial charge < -0.3 is 10.4 Å². The van der Waals surface area contributed by atoms with Gasteiger partial charge in [-0.15, -0.1) is 0 Å². The summed E-state index contributed by atoms with van der Waals surface area (Å²) >= 11 is 0. The SMILES string of the molecule is C/C(CCCCCCCCCC[C@H]1CC[C@@H](O)[C@@H](C)N1)=N/Nc1ccccc1. The summed E-state index contributed by atoms with van der Waals surface area (Å²) < 4.78 is 0. The molecular formula is C24H41N3O. The third-order valence-corrected chi connectivity index (χ3v) is 5.88. The minimum Gasteiger partial charge on any atom is -0.392 e. The zero-order chi connectivity index (χ0) is 20.0. The fourth-order valence-corrected chi connectivity index (χ4v) is 3.98. The molecule has 1 aromatic carbocycles. The minimum absolute atomic E-state index is 0.147. The molecule has 0 amide bonds. The number of hydrogen-bond donors (Lipinski definition) is 3. The van der Waals surface area contributed by atoms with E-state index in [9.17, 15) is 5.11 Å². The Labute approximate surface area is 172 Å². The minimum atomic E-state index is -0.147. The Hall–Kier alpha value is -1.39. The van der Waals surface area contributed by atoms with Gasteiger partial charge in [0, 0.05) is 17.8 Å². The van der Waals surface area contributed by atoms with Crippen molar-refractivity contribution in [2.45, 2.75) is 109 Å². The third kappa shape index (κ3) is 9.70. The molecule has 1 aliphatic rings. The summed E-state index contributed by atoms with van der Waals surface area (Å²) in [5, 5.41) is 17.8. The largest absolute Gasteiger partial charge is 0.392 e. The van der Waals surface area contributed by atoms with Crippen LogP contribution in [0.3, 0.4) is 0 Å². The van der Waals surface area contributed by atoms with E-state index in [4.69, 9.17) is 0 Å². The van der Waals surface area contributed by atoms with Gasteiger partial charge in [0.15, 0.2) is 0 Å². The van der Waals surface area contributed by atoms with E-state index in [2.05, 4.69) is 29.7 Å². The maximum Gasteiger partial charge on any atom is 0.0691 e. The first-order valence-corrected chi connectivity index (χ1v) is 11.4. The van der Waals surface area contributed by atoms with Crippen LogP contribution in [0.5, 0.6) is 0 Å². The van der Waals surface area contributed by atoms with E-state index in [1.165, 1.54) is 63.5 Å². The van der Waals surface area contributed by atoms with Crippen molar-refractivity contribution in [2.75, 3.05) is 5.43 Å². The average Bonchev–Trinajstić information content (AvgIpc) is 2.71. The van der Waals surface area contributed by atoms with Crippen LogP contribution in [0.2, 0.25) is 0 Å². The zero-order valence-electron chi connectivity index (χ0n) is 18.0. The van der Waals surface area contributed by atoms with E-state index in [1.807, 2.05) is 30.3 Å². The molecular weight excluding hydrogens is 346 g/mol. The molecule has 1 fully saturated rings. The van der Waals surface area contributed by atoms with Gasteiger partial charge in [0.1, 0.15) is 0 Å². The van der Waals surface area contributed by atoms with Crippen molar-refractivity contribution in [1.29, 1.82) is 0 Å². The second-order valence-electron chi connectivity index (χ2n) is 8.49. The molecule has 4 nitrogen and oxygen atoms in total. The van der Waals surface area contributed by atoms with Crippen molar-refractivity contribution in [1.82, 2.24) is 5.32 Å². The molecule has 1 aromatic rings. The van der Waals surface area contributed by atoms with Gasteiger partial charge in [0.25, 0.3) is 0 Å². The summed E-state index contributed by atoms with van der Waals surface area (Å²) in [6, 6.07) is 11.0. The van der Waals surface area contributed by atoms with Gasteiger partial charge >= 0.3 is 0 Å². The first-order valence-electron chi connectivity index (χ1n) is 11.4. The molecule has 4 heteroatoms. The van der Waals surface area contributed by atoms with Crippen molar-refractivity contribution in [2.24, 2.45) is 5.10 Å². The van der Waals surface area contributed by atoms with Gasteiger partial charge in [-0.25, -0.2) is 0 Å². The van der Waals surface area contributed by atoms with Crippen molar-refractivity contribution in [3.05, 3.63) is 30.3 Å². The van der Waals surface area contributed by atoms with E-state index >= 15 is 0 Å². The van der Waals surface area contributed by atoms with E-state index < -0.39 is 0 Å². The number of aliphatic hydroxyl groups excluding tert-OH is 1. The summed E-state index contributed by atoms with van der Waals surface area (Å²) in [7, 11) is 0. The van der Waals surface area contributed by atoms with Crippen molar-refractivity contribution < 1.29 is 5.11 Å². The number of benzene rings is 1. The number of rotatable bonds is 13. The summed E-state index contributed by atoms with van der Waals surface area (Å²) in [6.45, 7) is 4.21. The first kappa shape index (κ1) is 22.9. The molecule has 1 saturated heterocycles. The maximum atomic E-state index is 9.76. The molecule has 0 aliphatic carbocycles. The lowest BCUT2D eigenvalue weighted by Gasteiger charge is -2.32. The van der Waals surface area contributed by atoms with Crippen LogP contribution in [0.1, 0.15) is 90.9 Å². The Balaban J connectivity index is 1.38. The number of anilines is 1. The van der Waals surface area contributed by atoms with Gasteiger partial charge in [-0.1, -0.05) is 63.1 Å². The van der Waals surface area contributed by atoms with Crippen LogP contribution in [0.4, 0.5) is 5.69 Å². The normalized spacial score (nSPS) is 23.0. The Morgan fingerprint density at radius 2 is 1.64 bits per heavy atom. The summed E-state index contributed by atoms with van der Waals surface area (Å²) in [5.74, 6) is 0. The van der Waals surface area contributed by atoms with E-state index in [0.29, 0.717) is 6.04 Å². The summed E-state index contributed by atoms with van der Waals surface area (Å²) in [4.78, 5) is 0. The van der Waals surface area contributed by atoms with Crippen LogP contribution >= 0.6 is 0 Å². The lowest BCUT2D eigenvalue weighted by Crippen LogP contribution is -2.48. The van der Waals surface area contributed by atoms with E-state index in [-0.39, 0.29) is 12.1 Å². The Morgan fingerprint density at radius 1 is 1.00 bits per heavy atom. The molecule has 0 spiro atoms. The van der Waals surface area contributed by atoms with Crippen molar-refractivity contribution >= 4 is 11.4 Å². The monoisotopic (exact) mass is 387 g/mol. The number of nitrogens with zero attached hydrogens (tertiary/aromatic N) is 1. The summed E-state index contributed by atoms with van der Waals surface area (Å²) in [6.07, 6.45) is 15.0. The highest BCUT2D eigenvalue weighted by molar-refractivity contribution is 5.82. The number of piperidine rings is 1. The van der Waals surface area contributed by atoms with E-state index in [0.717, 1.165) is 24.9 Å². The molecule has 28 heavy (non-hydrogen) atoms. The fourth-order valence-electron chi connectivity index (χ4n) is 3.98. The van der Waals surface area contributed by atoms with Gasteiger partial charge in [0.2, 0.25) is 0 Å². The number of unbranched alkanes of at least 4 members (excludes halogenated alkanes) is 7. The molecule has 0 saturated carbocycles. The first-order chi connectivity index (χ1) is 13.6. The topological polar surface area (TPSA) is 56.6 Å². The fraction of sp³-hybridized carbons (Fsp3) is 0.708. The molecule has 2 rings (SSSR count). The standard InChI is InChI=1S/C24H41N3O/c1-20(26-27-23-16-12-9-13-17-23)14-10-7-5-3-4-6-8-11-15-22-18-19-24(28)21(2)25-22/h9,12-13,16-17,21-22,24-25,27-28H,3-8,10-11,14-15,18-19H2,1-2H3/b26-20-/t21-,22+,24-/m1/s1. The molecule has 158 valence electrons. The lowest BCUT2D eigenvalue weighted by molar-refractivity contribution is 0.0849. The number of hydrazone groups is 1. The zero-order valence-corrected chi connectivity index (χ0v) is 18.0. The Morgan fingerprint density at radius 3 is 2.32 bits per heavy atom. The van der Waals surface area contributed by atoms with Gasteiger partial charge in [-0.3, -0.25) is 5.43 Å². The molecule has 0 aromatic heterocycles. The van der Waals surface area contributed by atoms with Crippen LogP contribution in [-0.4, -0.2) is 29.0 Å². The molecule has 3 N–H and O–H groups in total. The molecule has 1 aliphatic heterocycles. The highest BCUT2D eigenvalue weighted by atomic mass is 16.3. The van der Waals surface area contributed by atoms with Crippen molar-refractivity contribution in [3.8, 4) is 0 Å². The number of para-hydroxylation sites is 1. The van der Waals surface area contributed by atoms with Crippen LogP contribution in [0, 0.1) is 0 Å². The second kappa shape index (κ2) is 13.7. The lowest BCUT2D eigenvalue weighted by atomic mass is 9.93. The summed E-state index contributed by atoms with van der Waals surface area (Å²) in [5.41, 5.74) is 5.36.